The van der Waals surface area contributed by atoms with Gasteiger partial charge in [0.15, 0.2) is 11.6 Å². The molecule has 0 saturated carbocycles. The van der Waals surface area contributed by atoms with Crippen molar-refractivity contribution in [2.75, 3.05) is 6.54 Å². The fourth-order valence-electron chi connectivity index (χ4n) is 1.17. The lowest BCUT2D eigenvalue weighted by atomic mass is 10.0. The van der Waals surface area contributed by atoms with Gasteiger partial charge in [0, 0.05) is 18.2 Å². The smallest absolute Gasteiger partial charge is 0.165 e. The molecule has 0 fully saturated rings. The van der Waals surface area contributed by atoms with Crippen LogP contribution in [0.2, 0.25) is 0 Å². The molecule has 1 aromatic carbocycles. The zero-order valence-electron chi connectivity index (χ0n) is 7.83. The SMILES string of the molecule is Cc1cc(F)c(O)c([C@H](N)CN)c1.Cl. The molecule has 1 rings (SSSR count). The zero-order valence-corrected chi connectivity index (χ0v) is 8.64. The molecule has 0 aromatic heterocycles. The van der Waals surface area contributed by atoms with Gasteiger partial charge in [-0.25, -0.2) is 4.39 Å². The summed E-state index contributed by atoms with van der Waals surface area (Å²) in [5.74, 6) is -1.05. The number of aryl methyl sites for hydroxylation is 1. The molecule has 0 amide bonds. The Hall–Kier alpha value is -0.840. The minimum Gasteiger partial charge on any atom is -0.505 e. The Bertz CT molecular complexity index is 320. The van der Waals surface area contributed by atoms with E-state index in [1.165, 1.54) is 6.07 Å². The van der Waals surface area contributed by atoms with Crippen LogP contribution >= 0.6 is 12.4 Å². The third kappa shape index (κ3) is 2.57. The fourth-order valence-corrected chi connectivity index (χ4v) is 1.17. The molecule has 0 saturated heterocycles. The number of phenols is 1. The maximum atomic E-state index is 13.0. The molecule has 3 nitrogen and oxygen atoms in total. The molecule has 1 aromatic rings. The molecule has 5 heteroatoms. The van der Waals surface area contributed by atoms with Gasteiger partial charge >= 0.3 is 0 Å². The highest BCUT2D eigenvalue weighted by atomic mass is 35.5. The number of hydrogen-bond acceptors (Lipinski definition) is 3. The van der Waals surface area contributed by atoms with E-state index in [9.17, 15) is 9.50 Å². The average Bonchev–Trinajstić information content (AvgIpc) is 2.10. The van der Waals surface area contributed by atoms with E-state index in [0.717, 1.165) is 0 Å². The van der Waals surface area contributed by atoms with Gasteiger partial charge in [-0.05, 0) is 18.6 Å². The highest BCUT2D eigenvalue weighted by molar-refractivity contribution is 5.85. The van der Waals surface area contributed by atoms with E-state index in [0.29, 0.717) is 11.1 Å². The van der Waals surface area contributed by atoms with Crippen molar-refractivity contribution in [1.29, 1.82) is 0 Å². The molecule has 0 aliphatic rings. The Kier molecular flexibility index (Phi) is 4.83. The van der Waals surface area contributed by atoms with Crippen molar-refractivity contribution in [3.63, 3.8) is 0 Å². The topological polar surface area (TPSA) is 72.3 Å². The molecular formula is C9H14ClFN2O. The highest BCUT2D eigenvalue weighted by Gasteiger charge is 2.13. The lowest BCUT2D eigenvalue weighted by Crippen LogP contribution is -2.21. The van der Waals surface area contributed by atoms with Crippen LogP contribution in [0.3, 0.4) is 0 Å². The summed E-state index contributed by atoms with van der Waals surface area (Å²) in [7, 11) is 0. The van der Waals surface area contributed by atoms with Gasteiger partial charge in [0.1, 0.15) is 0 Å². The third-order valence-electron chi connectivity index (χ3n) is 1.89. The van der Waals surface area contributed by atoms with E-state index in [1.807, 2.05) is 0 Å². The Morgan fingerprint density at radius 3 is 2.57 bits per heavy atom. The number of hydrogen-bond donors (Lipinski definition) is 3. The van der Waals surface area contributed by atoms with Crippen molar-refractivity contribution in [3.8, 4) is 5.75 Å². The largest absolute Gasteiger partial charge is 0.505 e. The van der Waals surface area contributed by atoms with Gasteiger partial charge in [-0.1, -0.05) is 6.07 Å². The summed E-state index contributed by atoms with van der Waals surface area (Å²) in [5.41, 5.74) is 12.0. The van der Waals surface area contributed by atoms with Crippen LogP contribution in [0.5, 0.6) is 5.75 Å². The summed E-state index contributed by atoms with van der Waals surface area (Å²) in [6, 6.07) is 2.37. The molecule has 0 bridgehead atoms. The van der Waals surface area contributed by atoms with Gasteiger partial charge in [-0.2, -0.15) is 0 Å². The van der Waals surface area contributed by atoms with Crippen molar-refractivity contribution < 1.29 is 9.50 Å². The van der Waals surface area contributed by atoms with E-state index in [2.05, 4.69) is 0 Å². The molecule has 14 heavy (non-hydrogen) atoms. The Morgan fingerprint density at radius 1 is 1.50 bits per heavy atom. The lowest BCUT2D eigenvalue weighted by Gasteiger charge is -2.12. The second-order valence-corrected chi connectivity index (χ2v) is 3.03. The fraction of sp³-hybridized carbons (Fsp3) is 0.333. The second-order valence-electron chi connectivity index (χ2n) is 3.03. The number of nitrogens with two attached hydrogens (primary N) is 2. The van der Waals surface area contributed by atoms with Gasteiger partial charge in [0.25, 0.3) is 0 Å². The van der Waals surface area contributed by atoms with Gasteiger partial charge in [0.05, 0.1) is 0 Å². The predicted octanol–water partition coefficient (Wildman–Crippen LogP) is 1.22. The molecule has 0 aliphatic heterocycles. The molecule has 0 spiro atoms. The number of rotatable bonds is 2. The van der Waals surface area contributed by atoms with Gasteiger partial charge in [-0.3, -0.25) is 0 Å². The number of benzene rings is 1. The molecular weight excluding hydrogens is 207 g/mol. The zero-order chi connectivity index (χ0) is 10.0. The standard InChI is InChI=1S/C9H13FN2O.ClH/c1-5-2-6(8(12)4-11)9(13)7(10)3-5;/h2-3,8,13H,4,11-12H2,1H3;1H/t8-;/m1./s1. The molecule has 0 aliphatic carbocycles. The Balaban J connectivity index is 0.00000169. The molecule has 0 heterocycles. The van der Waals surface area contributed by atoms with E-state index in [4.69, 9.17) is 11.5 Å². The van der Waals surface area contributed by atoms with E-state index in [1.54, 1.807) is 13.0 Å². The monoisotopic (exact) mass is 220 g/mol. The quantitative estimate of drug-likeness (QED) is 0.702. The summed E-state index contributed by atoms with van der Waals surface area (Å²) in [6.07, 6.45) is 0. The summed E-state index contributed by atoms with van der Waals surface area (Å²) < 4.78 is 13.0. The van der Waals surface area contributed by atoms with E-state index >= 15 is 0 Å². The van der Waals surface area contributed by atoms with Crippen LogP contribution in [0.25, 0.3) is 0 Å². The van der Waals surface area contributed by atoms with Gasteiger partial charge in [-0.15, -0.1) is 12.4 Å². The van der Waals surface area contributed by atoms with Crippen LogP contribution in [-0.2, 0) is 0 Å². The molecule has 80 valence electrons. The number of halogens is 2. The summed E-state index contributed by atoms with van der Waals surface area (Å²) in [5, 5.41) is 9.31. The first-order valence-electron chi connectivity index (χ1n) is 4.01. The van der Waals surface area contributed by atoms with Crippen molar-refractivity contribution in [2.24, 2.45) is 11.5 Å². The summed E-state index contributed by atoms with van der Waals surface area (Å²) >= 11 is 0. The first-order valence-corrected chi connectivity index (χ1v) is 4.01. The van der Waals surface area contributed by atoms with Gasteiger partial charge < -0.3 is 16.6 Å². The highest BCUT2D eigenvalue weighted by Crippen LogP contribution is 2.26. The van der Waals surface area contributed by atoms with Crippen molar-refractivity contribution in [2.45, 2.75) is 13.0 Å². The van der Waals surface area contributed by atoms with Gasteiger partial charge in [0.2, 0.25) is 0 Å². The first-order chi connectivity index (χ1) is 6.06. The van der Waals surface area contributed by atoms with E-state index < -0.39 is 17.6 Å². The number of phenolic OH excluding ortho intramolecular Hbond substituents is 1. The molecule has 1 atom stereocenters. The van der Waals surface area contributed by atoms with Crippen LogP contribution < -0.4 is 11.5 Å². The summed E-state index contributed by atoms with van der Waals surface area (Å²) in [4.78, 5) is 0. The molecule has 0 unspecified atom stereocenters. The minimum atomic E-state index is -0.654. The average molecular weight is 221 g/mol. The van der Waals surface area contributed by atoms with Crippen LogP contribution in [0, 0.1) is 12.7 Å². The van der Waals surface area contributed by atoms with Crippen LogP contribution in [-0.4, -0.2) is 11.7 Å². The maximum absolute atomic E-state index is 13.0. The minimum absolute atomic E-state index is 0. The third-order valence-corrected chi connectivity index (χ3v) is 1.89. The van der Waals surface area contributed by atoms with Crippen LogP contribution in [0.1, 0.15) is 17.2 Å². The molecule has 0 radical (unpaired) electrons. The lowest BCUT2D eigenvalue weighted by molar-refractivity contribution is 0.420. The van der Waals surface area contributed by atoms with E-state index in [-0.39, 0.29) is 19.0 Å². The van der Waals surface area contributed by atoms with Crippen molar-refractivity contribution in [3.05, 3.63) is 29.1 Å². The predicted molar refractivity (Wildman–Crippen MR) is 56.0 cm³/mol. The van der Waals surface area contributed by atoms with Crippen LogP contribution in [0.15, 0.2) is 12.1 Å². The van der Waals surface area contributed by atoms with Crippen LogP contribution in [0.4, 0.5) is 4.39 Å². The van der Waals surface area contributed by atoms with Crippen molar-refractivity contribution >= 4 is 12.4 Å². The molecule has 5 N–H and O–H groups in total. The Labute approximate surface area is 88.3 Å². The Morgan fingerprint density at radius 2 is 2.07 bits per heavy atom. The second kappa shape index (κ2) is 5.14. The maximum Gasteiger partial charge on any atom is 0.165 e. The summed E-state index contributed by atoms with van der Waals surface area (Å²) in [6.45, 7) is 1.91. The first kappa shape index (κ1) is 13.2. The van der Waals surface area contributed by atoms with Crippen molar-refractivity contribution in [1.82, 2.24) is 0 Å². The normalized spacial score (nSPS) is 12.0. The number of aromatic hydroxyl groups is 1.